The molecule has 0 heterocycles. The predicted octanol–water partition coefficient (Wildman–Crippen LogP) is 5.22. The minimum Gasteiger partial charge on any atom is -0.480 e. The largest absolute Gasteiger partial charge is 0.480 e. The second-order valence-electron chi connectivity index (χ2n) is 6.51. The van der Waals surface area contributed by atoms with Crippen LogP contribution in [0.4, 0.5) is 5.69 Å². The van der Waals surface area contributed by atoms with E-state index in [1.807, 2.05) is 63.2 Å². The zero-order valence-electron chi connectivity index (χ0n) is 15.2. The van der Waals surface area contributed by atoms with Gasteiger partial charge in [0.25, 0.3) is 5.91 Å². The molecule has 3 nitrogen and oxygen atoms in total. The Bertz CT molecular complexity index is 707. The van der Waals surface area contributed by atoms with Crippen molar-refractivity contribution in [1.82, 2.24) is 0 Å². The molecule has 0 saturated heterocycles. The van der Waals surface area contributed by atoms with E-state index in [0.717, 1.165) is 28.1 Å². The number of aryl methyl sites for hydroxylation is 2. The van der Waals surface area contributed by atoms with Gasteiger partial charge in [-0.3, -0.25) is 4.79 Å². The van der Waals surface area contributed by atoms with Gasteiger partial charge in [0.1, 0.15) is 5.75 Å². The summed E-state index contributed by atoms with van der Waals surface area (Å²) in [5.74, 6) is 1.02. The van der Waals surface area contributed by atoms with Crippen LogP contribution in [0, 0.1) is 13.8 Å². The summed E-state index contributed by atoms with van der Waals surface area (Å²) >= 11 is 0. The summed E-state index contributed by atoms with van der Waals surface area (Å²) < 4.78 is 6.00. The number of benzene rings is 2. The van der Waals surface area contributed by atoms with Crippen LogP contribution in [0.1, 0.15) is 49.8 Å². The molecular weight excluding hydrogens is 298 g/mol. The van der Waals surface area contributed by atoms with Crippen molar-refractivity contribution in [2.24, 2.45) is 0 Å². The smallest absolute Gasteiger partial charge is 0.265 e. The third-order valence-electron chi connectivity index (χ3n) is 4.12. The molecule has 0 bridgehead atoms. The molecule has 2 aromatic carbocycles. The standard InChI is InChI=1S/C21H27NO2/c1-6-19(24-20-13-15(4)11-12-16(20)5)21(23)22-18-10-8-7-9-17(18)14(2)3/h7-14,19H,6H2,1-5H3,(H,22,23)/t19-/m0/s1. The number of para-hydroxylation sites is 1. The number of rotatable bonds is 6. The molecule has 0 radical (unpaired) electrons. The summed E-state index contributed by atoms with van der Waals surface area (Å²) in [5, 5.41) is 3.03. The van der Waals surface area contributed by atoms with Crippen molar-refractivity contribution in [3.63, 3.8) is 0 Å². The highest BCUT2D eigenvalue weighted by Crippen LogP contribution is 2.25. The van der Waals surface area contributed by atoms with E-state index in [9.17, 15) is 4.79 Å². The van der Waals surface area contributed by atoms with Crippen LogP contribution in [-0.4, -0.2) is 12.0 Å². The van der Waals surface area contributed by atoms with E-state index in [1.54, 1.807) is 0 Å². The molecule has 128 valence electrons. The highest BCUT2D eigenvalue weighted by molar-refractivity contribution is 5.95. The van der Waals surface area contributed by atoms with Crippen molar-refractivity contribution < 1.29 is 9.53 Å². The van der Waals surface area contributed by atoms with Crippen LogP contribution in [0.2, 0.25) is 0 Å². The summed E-state index contributed by atoms with van der Waals surface area (Å²) in [6.45, 7) is 10.2. The Morgan fingerprint density at radius 3 is 2.50 bits per heavy atom. The number of carbonyl (C=O) groups excluding carboxylic acids is 1. The Balaban J connectivity index is 2.16. The Hall–Kier alpha value is -2.29. The van der Waals surface area contributed by atoms with Gasteiger partial charge in [0.2, 0.25) is 0 Å². The first-order valence-corrected chi connectivity index (χ1v) is 8.56. The maximum absolute atomic E-state index is 12.7. The number of carbonyl (C=O) groups is 1. The van der Waals surface area contributed by atoms with Gasteiger partial charge in [-0.15, -0.1) is 0 Å². The Labute approximate surface area is 145 Å². The second kappa shape index (κ2) is 8.00. The molecule has 24 heavy (non-hydrogen) atoms. The predicted molar refractivity (Wildman–Crippen MR) is 99.8 cm³/mol. The molecule has 1 atom stereocenters. The summed E-state index contributed by atoms with van der Waals surface area (Å²) in [6.07, 6.45) is 0.106. The minimum absolute atomic E-state index is 0.105. The molecule has 0 aliphatic carbocycles. The molecule has 1 amide bonds. The van der Waals surface area contributed by atoms with Gasteiger partial charge in [-0.2, -0.15) is 0 Å². The first-order chi connectivity index (χ1) is 11.4. The van der Waals surface area contributed by atoms with E-state index in [4.69, 9.17) is 4.74 Å². The maximum atomic E-state index is 12.7. The normalized spacial score (nSPS) is 12.1. The van der Waals surface area contributed by atoms with E-state index in [2.05, 4.69) is 19.2 Å². The zero-order chi connectivity index (χ0) is 17.7. The van der Waals surface area contributed by atoms with Crippen LogP contribution in [0.3, 0.4) is 0 Å². The van der Waals surface area contributed by atoms with E-state index in [-0.39, 0.29) is 5.91 Å². The van der Waals surface area contributed by atoms with Crippen LogP contribution >= 0.6 is 0 Å². The quantitative estimate of drug-likeness (QED) is 0.790. The second-order valence-corrected chi connectivity index (χ2v) is 6.51. The van der Waals surface area contributed by atoms with Crippen molar-refractivity contribution in [1.29, 1.82) is 0 Å². The van der Waals surface area contributed by atoms with Gasteiger partial charge >= 0.3 is 0 Å². The summed E-state index contributed by atoms with van der Waals surface area (Å²) in [4.78, 5) is 12.7. The molecule has 0 aromatic heterocycles. The van der Waals surface area contributed by atoms with E-state index in [0.29, 0.717) is 12.3 Å². The summed E-state index contributed by atoms with van der Waals surface area (Å²) in [6, 6.07) is 14.0. The number of hydrogen-bond donors (Lipinski definition) is 1. The topological polar surface area (TPSA) is 38.3 Å². The lowest BCUT2D eigenvalue weighted by Gasteiger charge is -2.20. The lowest BCUT2D eigenvalue weighted by atomic mass is 10.0. The molecule has 0 saturated carbocycles. The van der Waals surface area contributed by atoms with Crippen molar-refractivity contribution in [3.8, 4) is 5.75 Å². The van der Waals surface area contributed by atoms with Crippen LogP contribution in [-0.2, 0) is 4.79 Å². The minimum atomic E-state index is -0.509. The van der Waals surface area contributed by atoms with Gasteiger partial charge in [-0.25, -0.2) is 0 Å². The number of hydrogen-bond acceptors (Lipinski definition) is 2. The third kappa shape index (κ3) is 4.38. The first-order valence-electron chi connectivity index (χ1n) is 8.56. The molecule has 0 fully saturated rings. The lowest BCUT2D eigenvalue weighted by molar-refractivity contribution is -0.122. The van der Waals surface area contributed by atoms with Crippen LogP contribution < -0.4 is 10.1 Å². The average molecular weight is 325 g/mol. The van der Waals surface area contributed by atoms with Gasteiger partial charge < -0.3 is 10.1 Å². The van der Waals surface area contributed by atoms with Crippen molar-refractivity contribution >= 4 is 11.6 Å². The molecule has 0 aliphatic heterocycles. The molecule has 0 aliphatic rings. The van der Waals surface area contributed by atoms with Crippen molar-refractivity contribution in [2.75, 3.05) is 5.32 Å². The lowest BCUT2D eigenvalue weighted by Crippen LogP contribution is -2.33. The first kappa shape index (κ1) is 18.1. The van der Waals surface area contributed by atoms with E-state index in [1.165, 1.54) is 0 Å². The monoisotopic (exact) mass is 325 g/mol. The Kier molecular flexibility index (Phi) is 6.02. The van der Waals surface area contributed by atoms with Gasteiger partial charge in [-0.05, 0) is 55.0 Å². The highest BCUT2D eigenvalue weighted by Gasteiger charge is 2.20. The Morgan fingerprint density at radius 2 is 1.83 bits per heavy atom. The molecule has 2 rings (SSSR count). The molecule has 3 heteroatoms. The third-order valence-corrected chi connectivity index (χ3v) is 4.12. The van der Waals surface area contributed by atoms with Gasteiger partial charge in [-0.1, -0.05) is 51.1 Å². The molecule has 0 spiro atoms. The fourth-order valence-corrected chi connectivity index (χ4v) is 2.64. The van der Waals surface area contributed by atoms with Gasteiger partial charge in [0, 0.05) is 5.69 Å². The average Bonchev–Trinajstić information content (AvgIpc) is 2.55. The summed E-state index contributed by atoms with van der Waals surface area (Å²) in [5.41, 5.74) is 4.15. The molecule has 1 N–H and O–H groups in total. The molecule has 2 aromatic rings. The zero-order valence-corrected chi connectivity index (χ0v) is 15.2. The van der Waals surface area contributed by atoms with Crippen molar-refractivity contribution in [2.45, 2.75) is 53.1 Å². The Morgan fingerprint density at radius 1 is 1.12 bits per heavy atom. The van der Waals surface area contributed by atoms with Crippen LogP contribution in [0.15, 0.2) is 42.5 Å². The van der Waals surface area contributed by atoms with E-state index >= 15 is 0 Å². The number of nitrogens with one attached hydrogen (secondary N) is 1. The summed E-state index contributed by atoms with van der Waals surface area (Å²) in [7, 11) is 0. The van der Waals surface area contributed by atoms with Gasteiger partial charge in [0.05, 0.1) is 0 Å². The molecule has 0 unspecified atom stereocenters. The van der Waals surface area contributed by atoms with Crippen molar-refractivity contribution in [3.05, 3.63) is 59.2 Å². The van der Waals surface area contributed by atoms with E-state index < -0.39 is 6.10 Å². The highest BCUT2D eigenvalue weighted by atomic mass is 16.5. The fraction of sp³-hybridized carbons (Fsp3) is 0.381. The SMILES string of the molecule is CC[C@H](Oc1cc(C)ccc1C)C(=O)Nc1ccccc1C(C)C. The number of ether oxygens (including phenoxy) is 1. The number of amides is 1. The maximum Gasteiger partial charge on any atom is 0.265 e. The van der Waals surface area contributed by atoms with Crippen LogP contribution in [0.5, 0.6) is 5.75 Å². The van der Waals surface area contributed by atoms with Gasteiger partial charge in [0.15, 0.2) is 6.10 Å². The molecular formula is C21H27NO2. The number of anilines is 1. The van der Waals surface area contributed by atoms with Crippen LogP contribution in [0.25, 0.3) is 0 Å². The fourth-order valence-electron chi connectivity index (χ4n) is 2.64.